The Morgan fingerprint density at radius 3 is 2.31 bits per heavy atom. The van der Waals surface area contributed by atoms with Gasteiger partial charge in [-0.1, -0.05) is 11.2 Å². The molecule has 0 unspecified atom stereocenters. The summed E-state index contributed by atoms with van der Waals surface area (Å²) in [6.07, 6.45) is -4.86. The monoisotopic (exact) mass is 579 g/mol. The lowest BCUT2D eigenvalue weighted by atomic mass is 9.95. The van der Waals surface area contributed by atoms with Gasteiger partial charge in [-0.25, -0.2) is 4.79 Å². The van der Waals surface area contributed by atoms with Gasteiger partial charge in [-0.3, -0.25) is 14.4 Å². The van der Waals surface area contributed by atoms with Crippen molar-refractivity contribution in [3.05, 3.63) is 70.9 Å². The van der Waals surface area contributed by atoms with Gasteiger partial charge in [-0.15, -0.1) is 0 Å². The van der Waals surface area contributed by atoms with Gasteiger partial charge in [0.2, 0.25) is 11.8 Å². The topological polar surface area (TPSA) is 166 Å². The molecule has 3 aromatic carbocycles. The molecule has 0 aliphatic rings. The minimum atomic E-state index is -4.86. The van der Waals surface area contributed by atoms with Crippen molar-refractivity contribution >= 4 is 51.7 Å². The Bertz CT molecular complexity index is 1820. The lowest BCUT2D eigenvalue weighted by Crippen LogP contribution is -2.24. The van der Waals surface area contributed by atoms with Gasteiger partial charge in [0.05, 0.1) is 39.5 Å². The second-order valence-corrected chi connectivity index (χ2v) is 9.05. The van der Waals surface area contributed by atoms with Crippen LogP contribution in [0.5, 0.6) is 0 Å². The maximum absolute atomic E-state index is 14.2. The number of carboxylic acids is 1. The largest absolute Gasteiger partial charge is 0.478 e. The molecule has 42 heavy (non-hydrogen) atoms. The second kappa shape index (κ2) is 11.0. The maximum Gasteiger partial charge on any atom is 0.417 e. The van der Waals surface area contributed by atoms with Crippen LogP contribution in [0.3, 0.4) is 0 Å². The highest BCUT2D eigenvalue weighted by atomic mass is 19.4. The number of aromatic nitrogens is 1. The van der Waals surface area contributed by atoms with Gasteiger partial charge < -0.3 is 25.2 Å². The van der Waals surface area contributed by atoms with Crippen LogP contribution >= 0.6 is 0 Å². The van der Waals surface area contributed by atoms with Crippen LogP contribution in [0.2, 0.25) is 0 Å². The first-order chi connectivity index (χ1) is 19.7. The third-order valence-electron chi connectivity index (χ3n) is 6.20. The lowest BCUT2D eigenvalue weighted by molar-refractivity contribution is -0.137. The van der Waals surface area contributed by atoms with Crippen LogP contribution in [0, 0.1) is 11.3 Å². The number of hydrogen-bond donors (Lipinski definition) is 3. The molecule has 0 atom stereocenters. The maximum atomic E-state index is 14.2. The molecule has 11 nitrogen and oxygen atoms in total. The molecule has 14 heteroatoms. The van der Waals surface area contributed by atoms with Crippen LogP contribution in [0.4, 0.5) is 30.2 Å². The summed E-state index contributed by atoms with van der Waals surface area (Å²) in [6, 6.07) is 11.0. The Labute approximate surface area is 235 Å². The van der Waals surface area contributed by atoms with E-state index in [-0.39, 0.29) is 56.0 Å². The number of carboxylic acid groups (broad SMARTS) is 1. The molecule has 3 amide bonds. The van der Waals surface area contributed by atoms with Gasteiger partial charge in [-0.2, -0.15) is 18.4 Å². The molecule has 0 aliphatic carbocycles. The summed E-state index contributed by atoms with van der Waals surface area (Å²) in [7, 11) is 1.33. The number of halogens is 3. The summed E-state index contributed by atoms with van der Waals surface area (Å²) < 4.78 is 47.8. The van der Waals surface area contributed by atoms with Gasteiger partial charge in [0.15, 0.2) is 11.3 Å². The molecule has 0 spiro atoms. The van der Waals surface area contributed by atoms with E-state index in [2.05, 4.69) is 15.8 Å². The van der Waals surface area contributed by atoms with Crippen LogP contribution in [-0.4, -0.2) is 41.0 Å². The minimum Gasteiger partial charge on any atom is -0.478 e. The number of rotatable bonds is 6. The first kappa shape index (κ1) is 29.3. The molecule has 0 saturated carbocycles. The van der Waals surface area contributed by atoms with Crippen molar-refractivity contribution in [2.45, 2.75) is 20.0 Å². The van der Waals surface area contributed by atoms with Crippen molar-refractivity contribution in [2.75, 3.05) is 22.6 Å². The third-order valence-corrected chi connectivity index (χ3v) is 6.20. The number of nitrogens with zero attached hydrogens (tertiary/aromatic N) is 3. The molecular weight excluding hydrogens is 559 g/mol. The van der Waals surface area contributed by atoms with Crippen molar-refractivity contribution in [1.29, 1.82) is 5.26 Å². The van der Waals surface area contributed by atoms with Crippen molar-refractivity contribution in [3.63, 3.8) is 0 Å². The first-order valence-corrected chi connectivity index (χ1v) is 12.0. The molecule has 0 aliphatic heterocycles. The van der Waals surface area contributed by atoms with Crippen molar-refractivity contribution in [2.24, 2.45) is 0 Å². The Kier molecular flexibility index (Phi) is 7.70. The van der Waals surface area contributed by atoms with Gasteiger partial charge in [0.25, 0.3) is 5.91 Å². The molecule has 1 aromatic heterocycles. The van der Waals surface area contributed by atoms with E-state index in [9.17, 15) is 37.5 Å². The molecule has 3 N–H and O–H groups in total. The zero-order chi connectivity index (χ0) is 30.9. The Morgan fingerprint density at radius 2 is 1.71 bits per heavy atom. The number of benzene rings is 3. The predicted octanol–water partition coefficient (Wildman–Crippen LogP) is 5.28. The van der Waals surface area contributed by atoms with Gasteiger partial charge in [-0.05, 0) is 48.0 Å². The highest BCUT2D eigenvalue weighted by molar-refractivity contribution is 6.14. The summed E-state index contributed by atoms with van der Waals surface area (Å²) in [5.74, 6) is -3.43. The SMILES string of the molecule is CC(=O)Nc1ccc(-c2cc3onc(C(=O)Nc4ccc(C#N)cc4C(=O)O)c3cc2N(C)C(C)=O)c(C(F)(F)F)c1. The van der Waals surface area contributed by atoms with E-state index >= 15 is 0 Å². The average Bonchev–Trinajstić information content (AvgIpc) is 3.34. The van der Waals surface area contributed by atoms with Crippen LogP contribution in [-0.2, 0) is 15.8 Å². The summed E-state index contributed by atoms with van der Waals surface area (Å²) >= 11 is 0. The fourth-order valence-corrected chi connectivity index (χ4v) is 4.18. The molecule has 0 fully saturated rings. The number of hydrogen-bond acceptors (Lipinski definition) is 7. The second-order valence-electron chi connectivity index (χ2n) is 9.05. The van der Waals surface area contributed by atoms with E-state index in [4.69, 9.17) is 9.78 Å². The number of nitrogens with one attached hydrogen (secondary N) is 2. The summed E-state index contributed by atoms with van der Waals surface area (Å²) in [6.45, 7) is 2.34. The quantitative estimate of drug-likeness (QED) is 0.278. The molecule has 1 heterocycles. The highest BCUT2D eigenvalue weighted by Gasteiger charge is 2.35. The van der Waals surface area contributed by atoms with Crippen molar-refractivity contribution in [1.82, 2.24) is 5.16 Å². The Balaban J connectivity index is 1.88. The van der Waals surface area contributed by atoms with Crippen LogP contribution < -0.4 is 15.5 Å². The van der Waals surface area contributed by atoms with Crippen molar-refractivity contribution < 1.29 is 42.0 Å². The van der Waals surface area contributed by atoms with E-state index < -0.39 is 35.4 Å². The van der Waals surface area contributed by atoms with E-state index in [1.807, 2.05) is 0 Å². The minimum absolute atomic E-state index is 0.0189. The highest BCUT2D eigenvalue weighted by Crippen LogP contribution is 2.43. The predicted molar refractivity (Wildman–Crippen MR) is 144 cm³/mol. The molecule has 0 bridgehead atoms. The number of anilines is 3. The zero-order valence-electron chi connectivity index (χ0n) is 22.1. The lowest BCUT2D eigenvalue weighted by Gasteiger charge is -2.22. The molecule has 0 saturated heterocycles. The molecular formula is C28H20F3N5O6. The molecule has 4 aromatic rings. The zero-order valence-corrected chi connectivity index (χ0v) is 22.1. The average molecular weight is 579 g/mol. The smallest absolute Gasteiger partial charge is 0.417 e. The number of carbonyl (C=O) groups excluding carboxylic acids is 3. The normalized spacial score (nSPS) is 11.1. The van der Waals surface area contributed by atoms with Gasteiger partial charge >= 0.3 is 12.1 Å². The van der Waals surface area contributed by atoms with E-state index in [1.165, 1.54) is 44.3 Å². The number of amides is 3. The van der Waals surface area contributed by atoms with Crippen molar-refractivity contribution in [3.8, 4) is 17.2 Å². The summed E-state index contributed by atoms with van der Waals surface area (Å²) in [5, 5.41) is 27.0. The third kappa shape index (κ3) is 5.75. The number of aromatic carboxylic acids is 1. The standard InChI is InChI=1S/C28H20F3N5O6/c1-13(37)33-16-5-6-17(21(9-16)28(29,30)31)18-11-24-20(10-23(18)36(3)14(2)38)25(35-42-24)26(39)34-22-7-4-15(12-32)8-19(22)27(40)41/h4-11H,1-3H3,(H,33,37)(H,34,39)(H,40,41). The van der Waals surface area contributed by atoms with Gasteiger partial charge in [0, 0.05) is 32.1 Å². The molecule has 0 radical (unpaired) electrons. The van der Waals surface area contributed by atoms with Gasteiger partial charge in [0.1, 0.15) is 0 Å². The number of carbonyl (C=O) groups is 4. The number of alkyl halides is 3. The van der Waals surface area contributed by atoms with Crippen LogP contribution in [0.15, 0.2) is 53.1 Å². The first-order valence-electron chi connectivity index (χ1n) is 12.0. The number of fused-ring (bicyclic) bond motifs is 1. The van der Waals surface area contributed by atoms with Crippen LogP contribution in [0.25, 0.3) is 22.1 Å². The van der Waals surface area contributed by atoms with Crippen LogP contribution in [0.1, 0.15) is 45.8 Å². The fourth-order valence-electron chi connectivity index (χ4n) is 4.18. The number of nitriles is 1. The molecule has 4 rings (SSSR count). The Hall–Kier alpha value is -5.71. The van der Waals surface area contributed by atoms with E-state index in [1.54, 1.807) is 6.07 Å². The molecule has 214 valence electrons. The summed E-state index contributed by atoms with van der Waals surface area (Å²) in [4.78, 5) is 49.6. The fraction of sp³-hybridized carbons (Fsp3) is 0.143. The van der Waals surface area contributed by atoms with E-state index in [0.717, 1.165) is 30.0 Å². The van der Waals surface area contributed by atoms with E-state index in [0.29, 0.717) is 0 Å². The summed E-state index contributed by atoms with van der Waals surface area (Å²) in [5.41, 5.74) is -2.54. The Morgan fingerprint density at radius 1 is 1.00 bits per heavy atom.